The number of anilines is 1. The summed E-state index contributed by atoms with van der Waals surface area (Å²) >= 11 is 0. The Morgan fingerprint density at radius 3 is 2.77 bits per heavy atom. The molecule has 0 aliphatic carbocycles. The third-order valence-corrected chi connectivity index (χ3v) is 3.88. The molecular weight excluding hydrogens is 287 g/mol. The Balaban J connectivity index is 1.72. The van der Waals surface area contributed by atoms with Crippen LogP contribution in [0, 0.1) is 5.82 Å². The zero-order chi connectivity index (χ0) is 15.1. The van der Waals surface area contributed by atoms with Gasteiger partial charge in [-0.05, 0) is 46.7 Å². The van der Waals surface area contributed by atoms with Gasteiger partial charge in [-0.1, -0.05) is 12.1 Å². The monoisotopic (exact) mass is 300 g/mol. The summed E-state index contributed by atoms with van der Waals surface area (Å²) in [7, 11) is 0. The molecule has 1 fully saturated rings. The van der Waals surface area contributed by atoms with E-state index in [4.69, 9.17) is 0 Å². The number of tetrazole rings is 1. The molecule has 3 aromatic rings. The largest absolute Gasteiger partial charge is 0.391 e. The van der Waals surface area contributed by atoms with Gasteiger partial charge in [0.15, 0.2) is 11.5 Å². The topological polar surface area (TPSA) is 79.4 Å². The first-order valence-electron chi connectivity index (χ1n) is 6.96. The van der Waals surface area contributed by atoms with Gasteiger partial charge in [0.05, 0.1) is 12.1 Å². The summed E-state index contributed by atoms with van der Waals surface area (Å²) in [5.41, 5.74) is 1.50. The van der Waals surface area contributed by atoms with Crippen molar-refractivity contribution >= 4 is 11.5 Å². The standard InChI is InChI=1S/C14H13FN6O/c15-10-3-1-9(2-4-10)12-7-11(22)8-20(12)14-6-5-13-16-18-19-21(13)17-14/h1-6,11-12,22H,7-8H2/t11-,12+/m0/s1. The average molecular weight is 300 g/mol. The molecule has 3 heterocycles. The predicted octanol–water partition coefficient (Wildman–Crippen LogP) is 0.971. The van der Waals surface area contributed by atoms with Crippen molar-refractivity contribution in [3.8, 4) is 0 Å². The molecule has 8 heteroatoms. The van der Waals surface area contributed by atoms with Crippen LogP contribution in [0.5, 0.6) is 0 Å². The van der Waals surface area contributed by atoms with Gasteiger partial charge >= 0.3 is 0 Å². The van der Waals surface area contributed by atoms with Gasteiger partial charge in [-0.2, -0.15) is 0 Å². The molecule has 7 nitrogen and oxygen atoms in total. The van der Waals surface area contributed by atoms with E-state index in [9.17, 15) is 9.50 Å². The van der Waals surface area contributed by atoms with Gasteiger partial charge in [0, 0.05) is 6.54 Å². The SMILES string of the molecule is O[C@H]1C[C@H](c2ccc(F)cc2)N(c2ccc3nnnn3n2)C1. The summed E-state index contributed by atoms with van der Waals surface area (Å²) in [6.45, 7) is 0.461. The molecule has 0 bridgehead atoms. The second-order valence-electron chi connectivity index (χ2n) is 5.33. The number of benzene rings is 1. The van der Waals surface area contributed by atoms with Crippen LogP contribution < -0.4 is 4.90 Å². The number of hydrogen-bond donors (Lipinski definition) is 1. The highest BCUT2D eigenvalue weighted by molar-refractivity contribution is 5.48. The van der Waals surface area contributed by atoms with Crippen molar-refractivity contribution in [2.45, 2.75) is 18.6 Å². The second kappa shape index (κ2) is 4.99. The number of rotatable bonds is 2. The van der Waals surface area contributed by atoms with E-state index in [1.165, 1.54) is 16.8 Å². The van der Waals surface area contributed by atoms with Crippen LogP contribution in [-0.4, -0.2) is 43.0 Å². The van der Waals surface area contributed by atoms with Crippen LogP contribution in [0.4, 0.5) is 10.2 Å². The summed E-state index contributed by atoms with van der Waals surface area (Å²) in [4.78, 5) is 1.99. The normalized spacial score (nSPS) is 21.6. The van der Waals surface area contributed by atoms with Crippen molar-refractivity contribution in [3.05, 3.63) is 47.8 Å². The van der Waals surface area contributed by atoms with Gasteiger partial charge < -0.3 is 10.0 Å². The number of β-amino-alcohol motifs (C(OH)–C–C–N with tert-alkyl or cyclic N) is 1. The summed E-state index contributed by atoms with van der Waals surface area (Å²) in [5, 5.41) is 25.6. The lowest BCUT2D eigenvalue weighted by Gasteiger charge is -2.25. The lowest BCUT2D eigenvalue weighted by Crippen LogP contribution is -2.25. The summed E-state index contributed by atoms with van der Waals surface area (Å²) in [6.07, 6.45) is 0.113. The van der Waals surface area contributed by atoms with E-state index in [1.807, 2.05) is 11.0 Å². The molecule has 0 unspecified atom stereocenters. The molecule has 1 aliphatic rings. The Hall–Kier alpha value is -2.61. The molecule has 2 aromatic heterocycles. The molecule has 4 rings (SSSR count). The zero-order valence-electron chi connectivity index (χ0n) is 11.5. The average Bonchev–Trinajstić information content (AvgIpc) is 3.13. The molecule has 0 spiro atoms. The Labute approximate surface area is 125 Å². The van der Waals surface area contributed by atoms with Crippen LogP contribution in [0.25, 0.3) is 5.65 Å². The molecule has 0 saturated carbocycles. The van der Waals surface area contributed by atoms with E-state index in [0.29, 0.717) is 24.4 Å². The van der Waals surface area contributed by atoms with Crippen molar-refractivity contribution in [1.82, 2.24) is 25.3 Å². The molecule has 1 aromatic carbocycles. The molecule has 2 atom stereocenters. The van der Waals surface area contributed by atoms with Crippen LogP contribution in [-0.2, 0) is 0 Å². The summed E-state index contributed by atoms with van der Waals surface area (Å²) in [5.74, 6) is 0.396. The minimum atomic E-state index is -0.457. The number of aliphatic hydroxyl groups excluding tert-OH is 1. The number of nitrogens with zero attached hydrogens (tertiary/aromatic N) is 6. The van der Waals surface area contributed by atoms with Crippen LogP contribution >= 0.6 is 0 Å². The first-order valence-corrected chi connectivity index (χ1v) is 6.96. The van der Waals surface area contributed by atoms with Gasteiger partial charge in [0.1, 0.15) is 5.82 Å². The van der Waals surface area contributed by atoms with Crippen molar-refractivity contribution < 1.29 is 9.50 Å². The second-order valence-corrected chi connectivity index (χ2v) is 5.33. The van der Waals surface area contributed by atoms with Crippen molar-refractivity contribution in [3.63, 3.8) is 0 Å². The highest BCUT2D eigenvalue weighted by Gasteiger charge is 2.33. The number of halogens is 1. The lowest BCUT2D eigenvalue weighted by atomic mass is 10.0. The molecule has 0 amide bonds. The maximum Gasteiger partial charge on any atom is 0.200 e. The lowest BCUT2D eigenvalue weighted by molar-refractivity contribution is 0.194. The minimum absolute atomic E-state index is 0.0583. The van der Waals surface area contributed by atoms with Crippen LogP contribution in [0.2, 0.25) is 0 Å². The molecular formula is C14H13FN6O. The first kappa shape index (κ1) is 13.1. The van der Waals surface area contributed by atoms with E-state index < -0.39 is 6.10 Å². The highest BCUT2D eigenvalue weighted by Crippen LogP contribution is 2.35. The van der Waals surface area contributed by atoms with E-state index >= 15 is 0 Å². The third-order valence-electron chi connectivity index (χ3n) is 3.88. The maximum atomic E-state index is 13.1. The van der Waals surface area contributed by atoms with E-state index in [-0.39, 0.29) is 11.9 Å². The quantitative estimate of drug-likeness (QED) is 0.759. The van der Waals surface area contributed by atoms with E-state index in [1.54, 1.807) is 18.2 Å². The van der Waals surface area contributed by atoms with E-state index in [2.05, 4.69) is 20.6 Å². The number of fused-ring (bicyclic) bond motifs is 1. The number of hydrogen-bond acceptors (Lipinski definition) is 6. The highest BCUT2D eigenvalue weighted by atomic mass is 19.1. The predicted molar refractivity (Wildman–Crippen MR) is 75.7 cm³/mol. The Kier molecular flexibility index (Phi) is 2.97. The van der Waals surface area contributed by atoms with Crippen LogP contribution in [0.15, 0.2) is 36.4 Å². The Morgan fingerprint density at radius 1 is 1.14 bits per heavy atom. The van der Waals surface area contributed by atoms with Crippen LogP contribution in [0.3, 0.4) is 0 Å². The van der Waals surface area contributed by atoms with E-state index in [0.717, 1.165) is 5.56 Å². The van der Waals surface area contributed by atoms with Gasteiger partial charge in [0.2, 0.25) is 0 Å². The van der Waals surface area contributed by atoms with Crippen molar-refractivity contribution in [2.75, 3.05) is 11.4 Å². The molecule has 1 N–H and O–H groups in total. The molecule has 1 aliphatic heterocycles. The number of aliphatic hydroxyl groups is 1. The van der Waals surface area contributed by atoms with Gasteiger partial charge in [-0.15, -0.1) is 14.8 Å². The Bertz CT molecular complexity index is 804. The van der Waals surface area contributed by atoms with Crippen molar-refractivity contribution in [2.24, 2.45) is 0 Å². The smallest absolute Gasteiger partial charge is 0.200 e. The van der Waals surface area contributed by atoms with Gasteiger partial charge in [0.25, 0.3) is 0 Å². The van der Waals surface area contributed by atoms with Crippen molar-refractivity contribution in [1.29, 1.82) is 0 Å². The minimum Gasteiger partial charge on any atom is -0.391 e. The first-order chi connectivity index (χ1) is 10.7. The number of aromatic nitrogens is 5. The maximum absolute atomic E-state index is 13.1. The molecule has 22 heavy (non-hydrogen) atoms. The van der Waals surface area contributed by atoms with Gasteiger partial charge in [-0.3, -0.25) is 0 Å². The summed E-state index contributed by atoms with van der Waals surface area (Å²) in [6, 6.07) is 9.86. The fourth-order valence-electron chi connectivity index (χ4n) is 2.86. The van der Waals surface area contributed by atoms with Gasteiger partial charge in [-0.25, -0.2) is 4.39 Å². The zero-order valence-corrected chi connectivity index (χ0v) is 11.5. The van der Waals surface area contributed by atoms with Crippen LogP contribution in [0.1, 0.15) is 18.0 Å². The molecule has 1 saturated heterocycles. The fourth-order valence-corrected chi connectivity index (χ4v) is 2.86. The molecule has 0 radical (unpaired) electrons. The fraction of sp³-hybridized carbons (Fsp3) is 0.286. The Morgan fingerprint density at radius 2 is 1.95 bits per heavy atom. The summed E-state index contributed by atoms with van der Waals surface area (Å²) < 4.78 is 14.5. The molecule has 112 valence electrons. The third kappa shape index (κ3) is 2.17.